The van der Waals surface area contributed by atoms with Crippen LogP contribution in [0.4, 0.5) is 0 Å². The van der Waals surface area contributed by atoms with E-state index in [1.165, 1.54) is 25.4 Å². The Kier molecular flexibility index (Phi) is 3.59. The zero-order valence-electron chi connectivity index (χ0n) is 7.64. The van der Waals surface area contributed by atoms with Crippen LogP contribution in [0.5, 0.6) is 0 Å². The molecule has 0 spiro atoms. The monoisotopic (exact) mass is 170 g/mol. The average molecular weight is 170 g/mol. The molecule has 0 aliphatic heterocycles. The summed E-state index contributed by atoms with van der Waals surface area (Å²) in [6, 6.07) is 0. The van der Waals surface area contributed by atoms with Gasteiger partial charge in [-0.3, -0.25) is 0 Å². The van der Waals surface area contributed by atoms with Crippen molar-refractivity contribution in [1.82, 2.24) is 0 Å². The molecule has 1 unspecified atom stereocenters. The summed E-state index contributed by atoms with van der Waals surface area (Å²) in [6.07, 6.45) is 7.75. The van der Waals surface area contributed by atoms with E-state index in [9.17, 15) is 0 Å². The largest absolute Gasteiger partial charge is 0.137 e. The number of hydrogen-bond donors (Lipinski definition) is 0. The number of hydrogen-bond acceptors (Lipinski definition) is 0. The minimum atomic E-state index is 0.893. The van der Waals surface area contributed by atoms with Gasteiger partial charge >= 0.3 is 0 Å². The molecule has 0 nitrogen and oxygen atoms in total. The van der Waals surface area contributed by atoms with Crippen molar-refractivity contribution in [3.8, 4) is 0 Å². The molecule has 0 aromatic carbocycles. The minimum Gasteiger partial charge on any atom is -0.137 e. The van der Waals surface area contributed by atoms with E-state index < -0.39 is 0 Å². The molecule has 0 aromatic rings. The fourth-order valence-electron chi connectivity index (χ4n) is 1.69. The maximum absolute atomic E-state index is 2.85. The van der Waals surface area contributed by atoms with E-state index in [-0.39, 0.29) is 0 Å². The lowest BCUT2D eigenvalue weighted by molar-refractivity contribution is 0.355. The normalized spacial score (nSPS) is 27.9. The Balaban J connectivity index is 2.40. The van der Waals surface area contributed by atoms with Gasteiger partial charge in [-0.15, -0.1) is 9.24 Å². The molecule has 0 amide bonds. The van der Waals surface area contributed by atoms with Crippen molar-refractivity contribution in [2.24, 2.45) is 11.8 Å². The highest BCUT2D eigenvalue weighted by Crippen LogP contribution is 2.29. The van der Waals surface area contributed by atoms with E-state index in [1.807, 2.05) is 0 Å². The maximum Gasteiger partial charge on any atom is -0.0317 e. The SMILES string of the molecule is CC1=CC[C@@H]([C@H](C)CP)CC1. The Bertz CT molecular complexity index is 149. The molecule has 1 heteroatoms. The molecular weight excluding hydrogens is 151 g/mol. The summed E-state index contributed by atoms with van der Waals surface area (Å²) in [5.74, 6) is 1.85. The van der Waals surface area contributed by atoms with Gasteiger partial charge in [0.15, 0.2) is 0 Å². The first-order valence-electron chi connectivity index (χ1n) is 4.59. The molecule has 0 N–H and O–H groups in total. The van der Waals surface area contributed by atoms with Gasteiger partial charge in [0.05, 0.1) is 0 Å². The predicted octanol–water partition coefficient (Wildman–Crippen LogP) is 3.24. The third kappa shape index (κ3) is 2.60. The Hall–Kier alpha value is 0.170. The zero-order chi connectivity index (χ0) is 8.27. The molecule has 0 bridgehead atoms. The maximum atomic E-state index is 2.85. The first-order chi connectivity index (χ1) is 5.24. The summed E-state index contributed by atoms with van der Waals surface area (Å²) in [5, 5.41) is 0. The van der Waals surface area contributed by atoms with E-state index in [0.717, 1.165) is 11.8 Å². The van der Waals surface area contributed by atoms with Crippen LogP contribution >= 0.6 is 9.24 Å². The summed E-state index contributed by atoms with van der Waals surface area (Å²) in [4.78, 5) is 0. The minimum absolute atomic E-state index is 0.893. The fourth-order valence-corrected chi connectivity index (χ4v) is 2.08. The lowest BCUT2D eigenvalue weighted by atomic mass is 9.83. The van der Waals surface area contributed by atoms with Gasteiger partial charge in [-0.05, 0) is 44.2 Å². The van der Waals surface area contributed by atoms with Gasteiger partial charge in [0.25, 0.3) is 0 Å². The van der Waals surface area contributed by atoms with Crippen molar-refractivity contribution >= 4 is 9.24 Å². The van der Waals surface area contributed by atoms with E-state index >= 15 is 0 Å². The molecule has 1 aliphatic rings. The van der Waals surface area contributed by atoms with Crippen molar-refractivity contribution < 1.29 is 0 Å². The number of rotatable bonds is 2. The van der Waals surface area contributed by atoms with Crippen LogP contribution in [0.1, 0.15) is 33.1 Å². The highest BCUT2D eigenvalue weighted by molar-refractivity contribution is 7.16. The van der Waals surface area contributed by atoms with E-state index in [0.29, 0.717) is 0 Å². The molecule has 0 fully saturated rings. The molecular formula is C10H19P. The Morgan fingerprint density at radius 2 is 2.45 bits per heavy atom. The van der Waals surface area contributed by atoms with E-state index in [4.69, 9.17) is 0 Å². The van der Waals surface area contributed by atoms with Crippen molar-refractivity contribution in [3.63, 3.8) is 0 Å². The summed E-state index contributed by atoms with van der Waals surface area (Å²) < 4.78 is 0. The third-order valence-electron chi connectivity index (χ3n) is 2.86. The van der Waals surface area contributed by atoms with Crippen molar-refractivity contribution in [2.75, 3.05) is 6.16 Å². The molecule has 1 rings (SSSR count). The molecule has 64 valence electrons. The van der Waals surface area contributed by atoms with Gasteiger partial charge < -0.3 is 0 Å². The van der Waals surface area contributed by atoms with Crippen molar-refractivity contribution in [2.45, 2.75) is 33.1 Å². The molecule has 0 heterocycles. The molecule has 0 saturated heterocycles. The van der Waals surface area contributed by atoms with Gasteiger partial charge in [0.2, 0.25) is 0 Å². The smallest absolute Gasteiger partial charge is 0.0317 e. The highest BCUT2D eigenvalue weighted by atomic mass is 31.0. The standard InChI is InChI=1S/C10H19P/c1-8-3-5-10(6-4-8)9(2)7-11/h3,9-10H,4-7,11H2,1-2H3/t9-,10-/m1/s1. The second-order valence-corrected chi connectivity index (χ2v) is 4.27. The lowest BCUT2D eigenvalue weighted by Gasteiger charge is -2.25. The average Bonchev–Trinajstić information content (AvgIpc) is 2.05. The zero-order valence-corrected chi connectivity index (χ0v) is 8.79. The van der Waals surface area contributed by atoms with Crippen LogP contribution in [0.3, 0.4) is 0 Å². The van der Waals surface area contributed by atoms with Gasteiger partial charge in [-0.2, -0.15) is 0 Å². The van der Waals surface area contributed by atoms with Gasteiger partial charge in [0, 0.05) is 0 Å². The van der Waals surface area contributed by atoms with Crippen molar-refractivity contribution in [1.29, 1.82) is 0 Å². The Labute approximate surface area is 72.7 Å². The number of allylic oxidation sites excluding steroid dienone is 2. The Morgan fingerprint density at radius 1 is 1.73 bits per heavy atom. The van der Waals surface area contributed by atoms with Gasteiger partial charge in [0.1, 0.15) is 0 Å². The molecule has 0 saturated carbocycles. The first kappa shape index (κ1) is 9.26. The van der Waals surface area contributed by atoms with Crippen LogP contribution in [-0.4, -0.2) is 6.16 Å². The molecule has 1 aliphatic carbocycles. The molecule has 0 aromatic heterocycles. The van der Waals surface area contributed by atoms with E-state index in [1.54, 1.807) is 5.57 Å². The first-order valence-corrected chi connectivity index (χ1v) is 5.41. The highest BCUT2D eigenvalue weighted by Gasteiger charge is 2.17. The van der Waals surface area contributed by atoms with Crippen LogP contribution < -0.4 is 0 Å². The third-order valence-corrected chi connectivity index (χ3v) is 3.60. The second-order valence-electron chi connectivity index (χ2n) is 3.80. The summed E-state index contributed by atoms with van der Waals surface area (Å²) in [6.45, 7) is 4.62. The molecule has 0 radical (unpaired) electrons. The topological polar surface area (TPSA) is 0 Å². The molecule has 11 heavy (non-hydrogen) atoms. The lowest BCUT2D eigenvalue weighted by Crippen LogP contribution is -2.15. The summed E-state index contributed by atoms with van der Waals surface area (Å²) in [7, 11) is 2.85. The molecule has 3 atom stereocenters. The van der Waals surface area contributed by atoms with Crippen LogP contribution in [0.15, 0.2) is 11.6 Å². The van der Waals surface area contributed by atoms with Crippen LogP contribution in [0.2, 0.25) is 0 Å². The van der Waals surface area contributed by atoms with Gasteiger partial charge in [-0.1, -0.05) is 18.6 Å². The summed E-state index contributed by atoms with van der Waals surface area (Å²) >= 11 is 0. The summed E-state index contributed by atoms with van der Waals surface area (Å²) in [5.41, 5.74) is 1.59. The van der Waals surface area contributed by atoms with Crippen LogP contribution in [0, 0.1) is 11.8 Å². The second kappa shape index (κ2) is 4.26. The van der Waals surface area contributed by atoms with Crippen LogP contribution in [-0.2, 0) is 0 Å². The van der Waals surface area contributed by atoms with Crippen LogP contribution in [0.25, 0.3) is 0 Å². The van der Waals surface area contributed by atoms with Crippen molar-refractivity contribution in [3.05, 3.63) is 11.6 Å². The van der Waals surface area contributed by atoms with E-state index in [2.05, 4.69) is 29.2 Å². The predicted molar refractivity (Wildman–Crippen MR) is 54.8 cm³/mol. The quantitative estimate of drug-likeness (QED) is 0.441. The van der Waals surface area contributed by atoms with Gasteiger partial charge in [-0.25, -0.2) is 0 Å². The Morgan fingerprint density at radius 3 is 2.91 bits per heavy atom. The fraction of sp³-hybridized carbons (Fsp3) is 0.800.